The van der Waals surface area contributed by atoms with Crippen molar-refractivity contribution in [1.29, 1.82) is 0 Å². The van der Waals surface area contributed by atoms with Crippen LogP contribution in [0.1, 0.15) is 54.1 Å². The Morgan fingerprint density at radius 1 is 1.00 bits per heavy atom. The number of methoxy groups -OCH3 is 1. The maximum Gasteiger partial charge on any atom is 0.295 e. The Hall–Kier alpha value is -3.64. The lowest BCUT2D eigenvalue weighted by Gasteiger charge is -2.26. The molecule has 35 heavy (non-hydrogen) atoms. The highest BCUT2D eigenvalue weighted by molar-refractivity contribution is 6.32. The molecule has 3 aromatic carbocycles. The number of benzene rings is 3. The molecule has 7 heteroatoms. The van der Waals surface area contributed by atoms with Gasteiger partial charge in [0.25, 0.3) is 5.91 Å². The number of carbonyl (C=O) groups is 1. The average molecular weight is 492 g/mol. The second-order valence-corrected chi connectivity index (χ2v) is 9.99. The first-order valence-corrected chi connectivity index (χ1v) is 11.5. The molecule has 1 aliphatic rings. The molecule has 178 valence electrons. The largest absolute Gasteiger partial charge is 0.495 e. The number of fused-ring (bicyclic) bond motifs is 2. The fraction of sp³-hybridized carbons (Fsp3) is 0.214. The third kappa shape index (κ3) is 3.78. The highest BCUT2D eigenvalue weighted by Crippen LogP contribution is 2.43. The van der Waals surface area contributed by atoms with Gasteiger partial charge in [0.1, 0.15) is 17.1 Å². The summed E-state index contributed by atoms with van der Waals surface area (Å²) in [4.78, 5) is 28.8. The van der Waals surface area contributed by atoms with Gasteiger partial charge in [-0.25, -0.2) is 4.39 Å². The number of ether oxygens (including phenoxy) is 1. The van der Waals surface area contributed by atoms with Crippen molar-refractivity contribution in [3.63, 3.8) is 0 Å². The van der Waals surface area contributed by atoms with Crippen LogP contribution in [-0.2, 0) is 5.41 Å². The molecular formula is C28H23ClFNO4. The minimum Gasteiger partial charge on any atom is -0.495 e. The van der Waals surface area contributed by atoms with Crippen molar-refractivity contribution in [2.75, 3.05) is 12.0 Å². The summed E-state index contributed by atoms with van der Waals surface area (Å²) in [5.74, 6) is -0.638. The summed E-state index contributed by atoms with van der Waals surface area (Å²) in [5, 5.41) is 0.407. The number of rotatable bonds is 3. The first kappa shape index (κ1) is 23.1. The van der Waals surface area contributed by atoms with Crippen LogP contribution in [0.5, 0.6) is 5.75 Å². The average Bonchev–Trinajstić information content (AvgIpc) is 3.11. The molecule has 1 aromatic heterocycles. The molecule has 0 N–H and O–H groups in total. The van der Waals surface area contributed by atoms with Gasteiger partial charge < -0.3 is 9.15 Å². The lowest BCUT2D eigenvalue weighted by atomic mass is 9.86. The third-order valence-corrected chi connectivity index (χ3v) is 6.63. The predicted octanol–water partition coefficient (Wildman–Crippen LogP) is 6.64. The first-order chi connectivity index (χ1) is 16.6. The highest BCUT2D eigenvalue weighted by atomic mass is 35.5. The molecule has 0 radical (unpaired) electrons. The lowest BCUT2D eigenvalue weighted by Crippen LogP contribution is -2.29. The normalized spacial score (nSPS) is 15.5. The van der Waals surface area contributed by atoms with Gasteiger partial charge >= 0.3 is 0 Å². The number of hydrogen-bond acceptors (Lipinski definition) is 4. The summed E-state index contributed by atoms with van der Waals surface area (Å²) >= 11 is 6.38. The second kappa shape index (κ2) is 8.24. The standard InChI is InChI=1S/C28H23ClFNO4/c1-28(2,3)16-7-5-15(6-8-16)24-23-25(32)19-13-17(30)9-11-21(19)35-26(23)27(33)31(24)18-10-12-22(34-4)20(29)14-18/h5-14,24H,1-4H3. The van der Waals surface area contributed by atoms with Gasteiger partial charge in [-0.2, -0.15) is 0 Å². The molecule has 2 heterocycles. The van der Waals surface area contributed by atoms with Crippen LogP contribution in [-0.4, -0.2) is 13.0 Å². The van der Waals surface area contributed by atoms with Crippen LogP contribution in [0.15, 0.2) is 69.9 Å². The van der Waals surface area contributed by atoms with E-state index in [-0.39, 0.29) is 27.7 Å². The van der Waals surface area contributed by atoms with Crippen molar-refractivity contribution in [3.8, 4) is 5.75 Å². The molecule has 1 amide bonds. The molecule has 0 saturated heterocycles. The SMILES string of the molecule is COc1ccc(N2C(=O)c3oc4ccc(F)cc4c(=O)c3C2c2ccc(C(C)(C)C)cc2)cc1Cl. The van der Waals surface area contributed by atoms with E-state index in [9.17, 15) is 14.0 Å². The van der Waals surface area contributed by atoms with E-state index in [1.165, 1.54) is 24.1 Å². The summed E-state index contributed by atoms with van der Waals surface area (Å²) in [6.07, 6.45) is 0. The zero-order valence-corrected chi connectivity index (χ0v) is 20.4. The Morgan fingerprint density at radius 3 is 2.34 bits per heavy atom. The van der Waals surface area contributed by atoms with E-state index in [1.807, 2.05) is 24.3 Å². The number of halogens is 2. The summed E-state index contributed by atoms with van der Waals surface area (Å²) in [6, 6.07) is 15.7. The van der Waals surface area contributed by atoms with Gasteiger partial charge in [0.2, 0.25) is 5.76 Å². The van der Waals surface area contributed by atoms with Crippen LogP contribution in [0.3, 0.4) is 0 Å². The van der Waals surface area contributed by atoms with Crippen LogP contribution >= 0.6 is 11.6 Å². The zero-order valence-electron chi connectivity index (χ0n) is 19.7. The van der Waals surface area contributed by atoms with E-state index in [0.717, 1.165) is 17.2 Å². The Balaban J connectivity index is 1.77. The van der Waals surface area contributed by atoms with E-state index in [0.29, 0.717) is 16.5 Å². The summed E-state index contributed by atoms with van der Waals surface area (Å²) in [6.45, 7) is 6.33. The van der Waals surface area contributed by atoms with Gasteiger partial charge in [-0.3, -0.25) is 14.5 Å². The molecule has 0 bridgehead atoms. The maximum atomic E-state index is 14.0. The molecule has 5 rings (SSSR count). The van der Waals surface area contributed by atoms with Crippen LogP contribution in [0, 0.1) is 5.82 Å². The number of carbonyl (C=O) groups excluding carboxylic acids is 1. The fourth-order valence-corrected chi connectivity index (χ4v) is 4.75. The fourth-order valence-electron chi connectivity index (χ4n) is 4.50. The van der Waals surface area contributed by atoms with Crippen molar-refractivity contribution in [1.82, 2.24) is 0 Å². The van der Waals surface area contributed by atoms with Crippen molar-refractivity contribution >= 4 is 34.2 Å². The van der Waals surface area contributed by atoms with E-state index >= 15 is 0 Å². The number of amides is 1. The summed E-state index contributed by atoms with van der Waals surface area (Å²) in [5.41, 5.74) is 2.12. The molecular weight excluding hydrogens is 469 g/mol. The van der Waals surface area contributed by atoms with Gasteiger partial charge in [-0.1, -0.05) is 56.6 Å². The highest BCUT2D eigenvalue weighted by Gasteiger charge is 2.44. The molecule has 0 saturated carbocycles. The maximum absolute atomic E-state index is 14.0. The molecule has 1 unspecified atom stereocenters. The van der Waals surface area contributed by atoms with Gasteiger partial charge in [0, 0.05) is 5.69 Å². The Kier molecular flexibility index (Phi) is 5.44. The quantitative estimate of drug-likeness (QED) is 0.322. The van der Waals surface area contributed by atoms with Crippen molar-refractivity contribution in [2.45, 2.75) is 32.2 Å². The van der Waals surface area contributed by atoms with Gasteiger partial charge in [-0.05, 0) is 52.9 Å². The molecule has 1 aliphatic heterocycles. The summed E-state index contributed by atoms with van der Waals surface area (Å²) in [7, 11) is 1.50. The zero-order chi connectivity index (χ0) is 25.1. The van der Waals surface area contributed by atoms with Gasteiger partial charge in [0.05, 0.1) is 29.1 Å². The molecule has 0 fully saturated rings. The lowest BCUT2D eigenvalue weighted by molar-refractivity contribution is 0.0971. The van der Waals surface area contributed by atoms with Gasteiger partial charge in [-0.15, -0.1) is 0 Å². The first-order valence-electron chi connectivity index (χ1n) is 11.1. The molecule has 4 aromatic rings. The number of nitrogens with zero attached hydrogens (tertiary/aromatic N) is 1. The van der Waals surface area contributed by atoms with E-state index in [1.54, 1.807) is 18.2 Å². The van der Waals surface area contributed by atoms with Crippen LogP contribution in [0.2, 0.25) is 5.02 Å². The summed E-state index contributed by atoms with van der Waals surface area (Å²) < 4.78 is 25.1. The second-order valence-electron chi connectivity index (χ2n) is 9.58. The minimum absolute atomic E-state index is 0.0639. The van der Waals surface area contributed by atoms with Crippen molar-refractivity contribution in [3.05, 3.63) is 104 Å². The topological polar surface area (TPSA) is 59.8 Å². The van der Waals surface area contributed by atoms with Crippen molar-refractivity contribution < 1.29 is 18.3 Å². The minimum atomic E-state index is -0.778. The van der Waals surface area contributed by atoms with Crippen LogP contribution in [0.25, 0.3) is 11.0 Å². The van der Waals surface area contributed by atoms with E-state index in [2.05, 4.69) is 20.8 Å². The van der Waals surface area contributed by atoms with Crippen LogP contribution in [0.4, 0.5) is 10.1 Å². The smallest absolute Gasteiger partial charge is 0.295 e. The molecule has 0 spiro atoms. The molecule has 0 aliphatic carbocycles. The molecule has 1 atom stereocenters. The van der Waals surface area contributed by atoms with E-state index < -0.39 is 23.2 Å². The van der Waals surface area contributed by atoms with Gasteiger partial charge in [0.15, 0.2) is 5.43 Å². The predicted molar refractivity (Wildman–Crippen MR) is 134 cm³/mol. The van der Waals surface area contributed by atoms with E-state index in [4.69, 9.17) is 20.8 Å². The van der Waals surface area contributed by atoms with Crippen molar-refractivity contribution in [2.24, 2.45) is 0 Å². The monoisotopic (exact) mass is 491 g/mol. The Morgan fingerprint density at radius 2 is 1.71 bits per heavy atom. The number of anilines is 1. The Bertz CT molecular complexity index is 1540. The molecule has 5 nitrogen and oxygen atoms in total. The van der Waals surface area contributed by atoms with Crippen LogP contribution < -0.4 is 15.1 Å². The Labute approximate surface area is 206 Å². The third-order valence-electron chi connectivity index (χ3n) is 6.34. The number of hydrogen-bond donors (Lipinski definition) is 0.